The summed E-state index contributed by atoms with van der Waals surface area (Å²) in [5.74, 6) is -0.977. The SMILES string of the molecule is N#CC1CCC1(Nc1ccc(-c2cc(C(N)=O)ccc2F)nn1)c1ccccn1. The number of primary amides is 1. The number of pyridine rings is 1. The Bertz CT molecular complexity index is 1100. The van der Waals surface area contributed by atoms with Crippen molar-refractivity contribution in [2.24, 2.45) is 11.7 Å². The molecule has 1 amide bonds. The van der Waals surface area contributed by atoms with E-state index < -0.39 is 17.3 Å². The maximum atomic E-state index is 14.2. The third-order valence-electron chi connectivity index (χ3n) is 5.24. The van der Waals surface area contributed by atoms with Gasteiger partial charge in [0.15, 0.2) is 0 Å². The van der Waals surface area contributed by atoms with E-state index in [9.17, 15) is 14.4 Å². The molecule has 8 heteroatoms. The van der Waals surface area contributed by atoms with Crippen molar-refractivity contribution < 1.29 is 9.18 Å². The van der Waals surface area contributed by atoms with Crippen LogP contribution in [0.3, 0.4) is 0 Å². The summed E-state index contributed by atoms with van der Waals surface area (Å²) >= 11 is 0. The Balaban J connectivity index is 1.64. The van der Waals surface area contributed by atoms with Crippen molar-refractivity contribution in [3.8, 4) is 17.3 Å². The molecule has 1 aliphatic carbocycles. The number of amides is 1. The van der Waals surface area contributed by atoms with Gasteiger partial charge in [-0.2, -0.15) is 5.26 Å². The van der Waals surface area contributed by atoms with E-state index in [0.717, 1.165) is 18.5 Å². The van der Waals surface area contributed by atoms with Crippen LogP contribution in [0.5, 0.6) is 0 Å². The van der Waals surface area contributed by atoms with Gasteiger partial charge < -0.3 is 11.1 Å². The monoisotopic (exact) mass is 388 g/mol. The second kappa shape index (κ2) is 7.28. The van der Waals surface area contributed by atoms with Gasteiger partial charge in [0.05, 0.1) is 28.9 Å². The molecule has 3 N–H and O–H groups in total. The minimum absolute atomic E-state index is 0.137. The normalized spacial score (nSPS) is 20.3. The molecule has 29 heavy (non-hydrogen) atoms. The van der Waals surface area contributed by atoms with Crippen LogP contribution in [0, 0.1) is 23.1 Å². The molecule has 2 aromatic heterocycles. The van der Waals surface area contributed by atoms with E-state index in [2.05, 4.69) is 26.6 Å². The highest BCUT2D eigenvalue weighted by molar-refractivity contribution is 5.94. The molecule has 0 radical (unpaired) electrons. The molecule has 0 bridgehead atoms. The predicted molar refractivity (Wildman–Crippen MR) is 104 cm³/mol. The smallest absolute Gasteiger partial charge is 0.248 e. The molecule has 2 atom stereocenters. The number of aromatic nitrogens is 3. The number of nitriles is 1. The van der Waals surface area contributed by atoms with Crippen LogP contribution in [0.1, 0.15) is 28.9 Å². The van der Waals surface area contributed by atoms with Crippen LogP contribution in [-0.4, -0.2) is 21.1 Å². The number of rotatable bonds is 5. The van der Waals surface area contributed by atoms with Crippen molar-refractivity contribution in [3.05, 3.63) is 71.8 Å². The Morgan fingerprint density at radius 1 is 1.24 bits per heavy atom. The Morgan fingerprint density at radius 3 is 2.69 bits per heavy atom. The van der Waals surface area contributed by atoms with Crippen LogP contribution in [0.4, 0.5) is 10.2 Å². The number of benzene rings is 1. The molecule has 0 saturated heterocycles. The molecular weight excluding hydrogens is 371 g/mol. The molecule has 4 rings (SSSR count). The second-order valence-corrected chi connectivity index (χ2v) is 6.89. The summed E-state index contributed by atoms with van der Waals surface area (Å²) in [6.07, 6.45) is 3.19. The van der Waals surface area contributed by atoms with Gasteiger partial charge in [0.2, 0.25) is 5.91 Å². The fourth-order valence-electron chi connectivity index (χ4n) is 3.54. The first-order valence-corrected chi connectivity index (χ1v) is 9.06. The number of nitrogens with two attached hydrogens (primary N) is 1. The zero-order valence-electron chi connectivity index (χ0n) is 15.3. The highest BCUT2D eigenvalue weighted by Gasteiger charge is 2.50. The van der Waals surface area contributed by atoms with Gasteiger partial charge in [-0.3, -0.25) is 9.78 Å². The molecule has 0 aliphatic heterocycles. The average Bonchev–Trinajstić information content (AvgIpc) is 2.73. The van der Waals surface area contributed by atoms with Crippen molar-refractivity contribution >= 4 is 11.7 Å². The molecule has 1 fully saturated rings. The minimum atomic E-state index is -0.651. The number of nitrogens with one attached hydrogen (secondary N) is 1. The van der Waals surface area contributed by atoms with Crippen molar-refractivity contribution in [1.29, 1.82) is 5.26 Å². The van der Waals surface area contributed by atoms with E-state index in [4.69, 9.17) is 5.73 Å². The first-order chi connectivity index (χ1) is 14.0. The summed E-state index contributed by atoms with van der Waals surface area (Å²) < 4.78 is 14.2. The molecule has 0 spiro atoms. The molecular formula is C21H17FN6O. The van der Waals surface area contributed by atoms with Gasteiger partial charge in [0, 0.05) is 17.3 Å². The van der Waals surface area contributed by atoms with Gasteiger partial charge in [-0.15, -0.1) is 10.2 Å². The Hall–Kier alpha value is -3.86. The number of hydrogen-bond donors (Lipinski definition) is 2. The summed E-state index contributed by atoms with van der Waals surface area (Å²) in [5.41, 5.74) is 5.99. The quantitative estimate of drug-likeness (QED) is 0.694. The predicted octanol–water partition coefficient (Wildman–Crippen LogP) is 3.02. The van der Waals surface area contributed by atoms with Gasteiger partial charge in [-0.05, 0) is 55.3 Å². The first kappa shape index (κ1) is 18.5. The van der Waals surface area contributed by atoms with E-state index in [1.165, 1.54) is 18.2 Å². The first-order valence-electron chi connectivity index (χ1n) is 9.06. The van der Waals surface area contributed by atoms with Gasteiger partial charge in [0.25, 0.3) is 0 Å². The Labute approximate surface area is 166 Å². The van der Waals surface area contributed by atoms with Crippen molar-refractivity contribution in [2.45, 2.75) is 18.4 Å². The van der Waals surface area contributed by atoms with E-state index >= 15 is 0 Å². The summed E-state index contributed by atoms with van der Waals surface area (Å²) in [7, 11) is 0. The fraction of sp³-hybridized carbons (Fsp3) is 0.190. The van der Waals surface area contributed by atoms with Gasteiger partial charge >= 0.3 is 0 Å². The van der Waals surface area contributed by atoms with Gasteiger partial charge in [0.1, 0.15) is 11.6 Å². The fourth-order valence-corrected chi connectivity index (χ4v) is 3.54. The van der Waals surface area contributed by atoms with Crippen LogP contribution in [0.15, 0.2) is 54.7 Å². The summed E-state index contributed by atoms with van der Waals surface area (Å²) in [4.78, 5) is 15.8. The zero-order chi connectivity index (χ0) is 20.4. The molecule has 2 heterocycles. The van der Waals surface area contributed by atoms with Gasteiger partial charge in [-0.25, -0.2) is 4.39 Å². The highest BCUT2D eigenvalue weighted by atomic mass is 19.1. The Morgan fingerprint density at radius 2 is 2.10 bits per heavy atom. The molecule has 3 aromatic rings. The molecule has 144 valence electrons. The van der Waals surface area contributed by atoms with E-state index in [0.29, 0.717) is 5.82 Å². The van der Waals surface area contributed by atoms with Crippen LogP contribution >= 0.6 is 0 Å². The minimum Gasteiger partial charge on any atom is -0.366 e. The zero-order valence-corrected chi connectivity index (χ0v) is 15.3. The van der Waals surface area contributed by atoms with E-state index in [-0.39, 0.29) is 22.7 Å². The number of anilines is 1. The molecule has 2 unspecified atom stereocenters. The van der Waals surface area contributed by atoms with Crippen molar-refractivity contribution in [3.63, 3.8) is 0 Å². The maximum absolute atomic E-state index is 14.2. The number of halogens is 1. The van der Waals surface area contributed by atoms with Gasteiger partial charge in [-0.1, -0.05) is 6.07 Å². The van der Waals surface area contributed by atoms with Crippen LogP contribution < -0.4 is 11.1 Å². The largest absolute Gasteiger partial charge is 0.366 e. The number of hydrogen-bond acceptors (Lipinski definition) is 6. The topological polar surface area (TPSA) is 118 Å². The van der Waals surface area contributed by atoms with Crippen molar-refractivity contribution in [1.82, 2.24) is 15.2 Å². The number of carbonyl (C=O) groups excluding carboxylic acids is 1. The summed E-state index contributed by atoms with van der Waals surface area (Å²) in [6.45, 7) is 0. The summed E-state index contributed by atoms with van der Waals surface area (Å²) in [6, 6.07) is 15.0. The Kier molecular flexibility index (Phi) is 4.64. The number of carbonyl (C=O) groups is 1. The second-order valence-electron chi connectivity index (χ2n) is 6.89. The molecule has 1 saturated carbocycles. The lowest BCUT2D eigenvalue weighted by Crippen LogP contribution is -2.50. The van der Waals surface area contributed by atoms with Crippen LogP contribution in [0.25, 0.3) is 11.3 Å². The average molecular weight is 388 g/mol. The number of nitrogens with zero attached hydrogens (tertiary/aromatic N) is 4. The lowest BCUT2D eigenvalue weighted by atomic mass is 9.65. The van der Waals surface area contributed by atoms with E-state index in [1.54, 1.807) is 18.3 Å². The third kappa shape index (κ3) is 3.27. The van der Waals surface area contributed by atoms with E-state index in [1.807, 2.05) is 18.2 Å². The molecule has 1 aromatic carbocycles. The summed E-state index contributed by atoms with van der Waals surface area (Å²) in [5, 5.41) is 21.1. The molecule has 7 nitrogen and oxygen atoms in total. The lowest BCUT2D eigenvalue weighted by molar-refractivity contribution is 0.100. The van der Waals surface area contributed by atoms with Crippen molar-refractivity contribution in [2.75, 3.05) is 5.32 Å². The lowest BCUT2D eigenvalue weighted by Gasteiger charge is -2.46. The standard InChI is InChI=1S/C21H17FN6O/c22-16-5-4-13(20(24)29)11-15(16)17-6-7-19(28-27-17)26-21(9-8-14(21)12-23)18-3-1-2-10-25-18/h1-7,10-11,14H,8-9H2,(H2,24,29)(H,26,28). The highest BCUT2D eigenvalue weighted by Crippen LogP contribution is 2.47. The molecule has 1 aliphatic rings. The van der Waals surface area contributed by atoms with Crippen LogP contribution in [-0.2, 0) is 5.54 Å². The van der Waals surface area contributed by atoms with Crippen LogP contribution in [0.2, 0.25) is 0 Å². The third-order valence-corrected chi connectivity index (χ3v) is 5.24. The maximum Gasteiger partial charge on any atom is 0.248 e.